The standard InChI is InChI=1S/C13H15NO6/c15-11(16)8-1-2-9(14-7-8)10(12-17-3-4-18-12)13-19-5-6-20-13/h1-2,7,10,12-13H,3-6H2,(H,15,16). The van der Waals surface area contributed by atoms with Gasteiger partial charge in [0.15, 0.2) is 12.6 Å². The van der Waals surface area contributed by atoms with Crippen molar-refractivity contribution in [2.75, 3.05) is 26.4 Å². The molecule has 0 aliphatic carbocycles. The van der Waals surface area contributed by atoms with E-state index < -0.39 is 18.5 Å². The maximum Gasteiger partial charge on any atom is 0.337 e. The minimum Gasteiger partial charge on any atom is -0.478 e. The number of rotatable bonds is 4. The second-order valence-corrected chi connectivity index (χ2v) is 4.52. The second-order valence-electron chi connectivity index (χ2n) is 4.52. The second kappa shape index (κ2) is 5.84. The fourth-order valence-electron chi connectivity index (χ4n) is 2.30. The van der Waals surface area contributed by atoms with E-state index in [-0.39, 0.29) is 11.5 Å². The molecule has 1 aromatic heterocycles. The maximum absolute atomic E-state index is 10.9. The smallest absolute Gasteiger partial charge is 0.337 e. The molecule has 0 bridgehead atoms. The van der Waals surface area contributed by atoms with E-state index in [9.17, 15) is 4.79 Å². The number of ether oxygens (including phenoxy) is 4. The van der Waals surface area contributed by atoms with Crippen LogP contribution in [-0.2, 0) is 18.9 Å². The number of carbonyl (C=O) groups is 1. The first-order valence-corrected chi connectivity index (χ1v) is 6.41. The number of nitrogens with zero attached hydrogens (tertiary/aromatic N) is 1. The van der Waals surface area contributed by atoms with Gasteiger partial charge in [-0.2, -0.15) is 0 Å². The molecule has 0 amide bonds. The zero-order valence-electron chi connectivity index (χ0n) is 10.7. The van der Waals surface area contributed by atoms with Crippen molar-refractivity contribution in [1.29, 1.82) is 0 Å². The first-order chi connectivity index (χ1) is 9.75. The van der Waals surface area contributed by atoms with E-state index in [2.05, 4.69) is 4.98 Å². The van der Waals surface area contributed by atoms with Crippen molar-refractivity contribution in [3.63, 3.8) is 0 Å². The van der Waals surface area contributed by atoms with Gasteiger partial charge in [0.1, 0.15) is 5.92 Å². The van der Waals surface area contributed by atoms with Crippen molar-refractivity contribution in [3.05, 3.63) is 29.6 Å². The summed E-state index contributed by atoms with van der Waals surface area (Å²) in [4.78, 5) is 15.0. The lowest BCUT2D eigenvalue weighted by Crippen LogP contribution is -2.32. The summed E-state index contributed by atoms with van der Waals surface area (Å²) in [7, 11) is 0. The summed E-state index contributed by atoms with van der Waals surface area (Å²) < 4.78 is 22.1. The van der Waals surface area contributed by atoms with Gasteiger partial charge in [-0.25, -0.2) is 4.79 Å². The van der Waals surface area contributed by atoms with Gasteiger partial charge < -0.3 is 24.1 Å². The molecule has 20 heavy (non-hydrogen) atoms. The quantitative estimate of drug-likeness (QED) is 0.865. The highest BCUT2D eigenvalue weighted by atomic mass is 16.7. The Bertz CT molecular complexity index is 448. The van der Waals surface area contributed by atoms with Gasteiger partial charge in [0.2, 0.25) is 0 Å². The van der Waals surface area contributed by atoms with E-state index in [0.717, 1.165) is 0 Å². The van der Waals surface area contributed by atoms with E-state index in [4.69, 9.17) is 24.1 Å². The Hall–Kier alpha value is -1.54. The molecule has 2 saturated heterocycles. The van der Waals surface area contributed by atoms with Crippen LogP contribution >= 0.6 is 0 Å². The minimum atomic E-state index is -1.01. The van der Waals surface area contributed by atoms with E-state index in [1.807, 2.05) is 0 Å². The van der Waals surface area contributed by atoms with Crippen LogP contribution in [0.2, 0.25) is 0 Å². The molecular weight excluding hydrogens is 266 g/mol. The van der Waals surface area contributed by atoms with Gasteiger partial charge in [0.05, 0.1) is 37.7 Å². The fourth-order valence-corrected chi connectivity index (χ4v) is 2.30. The largest absolute Gasteiger partial charge is 0.478 e. The van der Waals surface area contributed by atoms with Gasteiger partial charge in [-0.1, -0.05) is 0 Å². The van der Waals surface area contributed by atoms with Crippen LogP contribution in [0.1, 0.15) is 22.0 Å². The third-order valence-electron chi connectivity index (χ3n) is 3.26. The minimum absolute atomic E-state index is 0.133. The predicted molar refractivity (Wildman–Crippen MR) is 65.3 cm³/mol. The van der Waals surface area contributed by atoms with E-state index in [1.54, 1.807) is 6.07 Å². The average molecular weight is 281 g/mol. The van der Waals surface area contributed by atoms with Crippen molar-refractivity contribution in [1.82, 2.24) is 4.98 Å². The molecule has 2 aliphatic heterocycles. The van der Waals surface area contributed by atoms with E-state index in [1.165, 1.54) is 12.3 Å². The van der Waals surface area contributed by atoms with Crippen molar-refractivity contribution in [2.24, 2.45) is 0 Å². The SMILES string of the molecule is O=C(O)c1ccc(C(C2OCCO2)C2OCCO2)nc1. The van der Waals surface area contributed by atoms with Crippen LogP contribution in [0.25, 0.3) is 0 Å². The lowest BCUT2D eigenvalue weighted by Gasteiger charge is -2.25. The van der Waals surface area contributed by atoms with Crippen LogP contribution in [0.15, 0.2) is 18.3 Å². The number of carboxylic acids is 1. The molecule has 0 radical (unpaired) electrons. The Labute approximate surface area is 115 Å². The molecule has 0 saturated carbocycles. The summed E-state index contributed by atoms with van der Waals surface area (Å²) in [6, 6.07) is 3.14. The molecule has 3 rings (SSSR count). The summed E-state index contributed by atoms with van der Waals surface area (Å²) in [5.74, 6) is -1.34. The van der Waals surface area contributed by atoms with Crippen molar-refractivity contribution < 1.29 is 28.8 Å². The maximum atomic E-state index is 10.9. The molecule has 0 aromatic carbocycles. The van der Waals surface area contributed by atoms with Gasteiger partial charge in [-0.15, -0.1) is 0 Å². The summed E-state index contributed by atoms with van der Waals surface area (Å²) in [5, 5.41) is 8.90. The van der Waals surface area contributed by atoms with E-state index >= 15 is 0 Å². The molecule has 3 heterocycles. The Kier molecular flexibility index (Phi) is 3.93. The molecule has 108 valence electrons. The fraction of sp³-hybridized carbons (Fsp3) is 0.538. The van der Waals surface area contributed by atoms with Gasteiger partial charge in [-0.05, 0) is 12.1 Å². The van der Waals surface area contributed by atoms with Crippen molar-refractivity contribution in [3.8, 4) is 0 Å². The normalized spacial score (nSPS) is 20.9. The molecule has 2 fully saturated rings. The Balaban J connectivity index is 1.85. The van der Waals surface area contributed by atoms with Crippen LogP contribution in [0.5, 0.6) is 0 Å². The molecule has 1 N–H and O–H groups in total. The zero-order valence-corrected chi connectivity index (χ0v) is 10.7. The summed E-state index contributed by atoms with van der Waals surface area (Å²) in [5.41, 5.74) is 0.766. The number of hydrogen-bond acceptors (Lipinski definition) is 6. The molecule has 7 nitrogen and oxygen atoms in total. The highest BCUT2D eigenvalue weighted by molar-refractivity contribution is 5.87. The highest BCUT2D eigenvalue weighted by Crippen LogP contribution is 2.31. The summed E-state index contributed by atoms with van der Waals surface area (Å²) >= 11 is 0. The number of hydrogen-bond donors (Lipinski definition) is 1. The lowest BCUT2D eigenvalue weighted by atomic mass is 10.0. The Morgan fingerprint density at radius 1 is 1.10 bits per heavy atom. The number of pyridine rings is 1. The van der Waals surface area contributed by atoms with Gasteiger partial charge in [0, 0.05) is 6.20 Å². The molecule has 0 unspecified atom stereocenters. The first-order valence-electron chi connectivity index (χ1n) is 6.41. The van der Waals surface area contributed by atoms with Crippen molar-refractivity contribution >= 4 is 5.97 Å². The first kappa shape index (κ1) is 13.4. The van der Waals surface area contributed by atoms with Crippen LogP contribution in [-0.4, -0.2) is 55.1 Å². The highest BCUT2D eigenvalue weighted by Gasteiger charge is 2.39. The molecule has 2 aliphatic rings. The van der Waals surface area contributed by atoms with Gasteiger partial charge >= 0.3 is 5.97 Å². The zero-order chi connectivity index (χ0) is 13.9. The Morgan fingerprint density at radius 2 is 1.65 bits per heavy atom. The lowest BCUT2D eigenvalue weighted by molar-refractivity contribution is -0.146. The van der Waals surface area contributed by atoms with Crippen LogP contribution < -0.4 is 0 Å². The molecule has 0 spiro atoms. The van der Waals surface area contributed by atoms with Crippen LogP contribution in [0.4, 0.5) is 0 Å². The van der Waals surface area contributed by atoms with Gasteiger partial charge in [-0.3, -0.25) is 4.98 Å². The van der Waals surface area contributed by atoms with Crippen LogP contribution in [0.3, 0.4) is 0 Å². The summed E-state index contributed by atoms with van der Waals surface area (Å²) in [6.45, 7) is 2.06. The van der Waals surface area contributed by atoms with E-state index in [0.29, 0.717) is 32.1 Å². The van der Waals surface area contributed by atoms with Gasteiger partial charge in [0.25, 0.3) is 0 Å². The monoisotopic (exact) mass is 281 g/mol. The third-order valence-corrected chi connectivity index (χ3v) is 3.26. The molecule has 0 atom stereocenters. The Morgan fingerprint density at radius 3 is 2.05 bits per heavy atom. The number of carboxylic acid groups (broad SMARTS) is 1. The number of aromatic carboxylic acids is 1. The average Bonchev–Trinajstić information content (AvgIpc) is 3.13. The molecule has 1 aromatic rings. The predicted octanol–water partition coefficient (Wildman–Crippen LogP) is 0.609. The number of aromatic nitrogens is 1. The summed E-state index contributed by atoms with van der Waals surface area (Å²) in [6.07, 6.45) is 0.344. The topological polar surface area (TPSA) is 87.1 Å². The molecule has 7 heteroatoms. The molecular formula is C13H15NO6. The third kappa shape index (κ3) is 2.66. The van der Waals surface area contributed by atoms with Crippen molar-refractivity contribution in [2.45, 2.75) is 18.5 Å². The van der Waals surface area contributed by atoms with Crippen LogP contribution in [0, 0.1) is 0 Å².